The van der Waals surface area contributed by atoms with Gasteiger partial charge in [-0.3, -0.25) is 4.79 Å². The molecule has 1 aromatic heterocycles. The van der Waals surface area contributed by atoms with Gasteiger partial charge in [0.05, 0.1) is 0 Å². The molecule has 13 heavy (non-hydrogen) atoms. The molecule has 1 aliphatic carbocycles. The molecule has 1 aliphatic rings. The van der Waals surface area contributed by atoms with Gasteiger partial charge in [0.15, 0.2) is 11.3 Å². The lowest BCUT2D eigenvalue weighted by atomic mass is 9.90. The molecular formula is C9H12N2OS. The van der Waals surface area contributed by atoms with Crippen molar-refractivity contribution in [1.29, 1.82) is 0 Å². The van der Waals surface area contributed by atoms with Crippen LogP contribution in [-0.4, -0.2) is 16.5 Å². The van der Waals surface area contributed by atoms with E-state index in [-0.39, 0.29) is 0 Å². The Balaban J connectivity index is 2.09. The first-order valence-electron chi connectivity index (χ1n) is 4.69. The van der Waals surface area contributed by atoms with Crippen LogP contribution in [0.2, 0.25) is 0 Å². The SMILES string of the molecule is O=Cc1nnc(C2CCCCC2)s1. The molecule has 1 fully saturated rings. The minimum atomic E-state index is 0.514. The van der Waals surface area contributed by atoms with Crippen LogP contribution >= 0.6 is 11.3 Å². The van der Waals surface area contributed by atoms with E-state index in [1.54, 1.807) is 0 Å². The molecule has 0 atom stereocenters. The third kappa shape index (κ3) is 1.94. The fraction of sp³-hybridized carbons (Fsp3) is 0.667. The monoisotopic (exact) mass is 196 g/mol. The van der Waals surface area contributed by atoms with Gasteiger partial charge in [-0.2, -0.15) is 0 Å². The van der Waals surface area contributed by atoms with E-state index in [4.69, 9.17) is 0 Å². The van der Waals surface area contributed by atoms with Crippen molar-refractivity contribution in [1.82, 2.24) is 10.2 Å². The smallest absolute Gasteiger partial charge is 0.180 e. The van der Waals surface area contributed by atoms with Crippen molar-refractivity contribution in [3.63, 3.8) is 0 Å². The first-order valence-corrected chi connectivity index (χ1v) is 5.50. The second-order valence-electron chi connectivity index (χ2n) is 3.43. The third-order valence-corrected chi connectivity index (χ3v) is 3.52. The fourth-order valence-corrected chi connectivity index (χ4v) is 2.64. The third-order valence-electron chi connectivity index (χ3n) is 2.51. The maximum Gasteiger partial charge on any atom is 0.180 e. The van der Waals surface area contributed by atoms with Crippen LogP contribution in [0, 0.1) is 0 Å². The Hall–Kier alpha value is -0.770. The summed E-state index contributed by atoms with van der Waals surface area (Å²) < 4.78 is 0. The molecule has 1 heterocycles. The molecule has 0 spiro atoms. The Kier molecular flexibility index (Phi) is 2.68. The van der Waals surface area contributed by atoms with Gasteiger partial charge < -0.3 is 0 Å². The fourth-order valence-electron chi connectivity index (χ4n) is 1.81. The lowest BCUT2D eigenvalue weighted by Crippen LogP contribution is -2.03. The topological polar surface area (TPSA) is 42.9 Å². The van der Waals surface area contributed by atoms with Crippen LogP contribution in [0.25, 0.3) is 0 Å². The molecule has 0 N–H and O–H groups in total. The molecular weight excluding hydrogens is 184 g/mol. The second-order valence-corrected chi connectivity index (χ2v) is 4.47. The van der Waals surface area contributed by atoms with Gasteiger partial charge in [0.25, 0.3) is 0 Å². The molecule has 3 nitrogen and oxygen atoms in total. The number of hydrogen-bond donors (Lipinski definition) is 0. The standard InChI is InChI=1S/C9H12N2OS/c12-6-8-10-11-9(13-8)7-4-2-1-3-5-7/h6-7H,1-5H2. The summed E-state index contributed by atoms with van der Waals surface area (Å²) in [7, 11) is 0. The zero-order valence-electron chi connectivity index (χ0n) is 7.40. The molecule has 1 saturated carbocycles. The van der Waals surface area contributed by atoms with Crippen molar-refractivity contribution < 1.29 is 4.79 Å². The minimum Gasteiger partial charge on any atom is -0.295 e. The van der Waals surface area contributed by atoms with Gasteiger partial charge in [0, 0.05) is 5.92 Å². The van der Waals surface area contributed by atoms with Gasteiger partial charge >= 0.3 is 0 Å². The Bertz CT molecular complexity index is 292. The summed E-state index contributed by atoms with van der Waals surface area (Å²) in [6.07, 6.45) is 7.14. The summed E-state index contributed by atoms with van der Waals surface area (Å²) >= 11 is 1.45. The lowest BCUT2D eigenvalue weighted by molar-refractivity contribution is 0.112. The molecule has 0 aliphatic heterocycles. The van der Waals surface area contributed by atoms with Crippen LogP contribution in [0.3, 0.4) is 0 Å². The Morgan fingerprint density at radius 3 is 2.62 bits per heavy atom. The second kappa shape index (κ2) is 3.96. The number of carbonyl (C=O) groups is 1. The zero-order valence-corrected chi connectivity index (χ0v) is 8.22. The van der Waals surface area contributed by atoms with E-state index in [9.17, 15) is 4.79 Å². The van der Waals surface area contributed by atoms with Gasteiger partial charge in [-0.1, -0.05) is 30.6 Å². The molecule has 0 aromatic carbocycles. The Morgan fingerprint density at radius 1 is 1.23 bits per heavy atom. The largest absolute Gasteiger partial charge is 0.295 e. The molecule has 70 valence electrons. The predicted molar refractivity (Wildman–Crippen MR) is 51.1 cm³/mol. The normalized spacial score (nSPS) is 18.8. The number of hydrogen-bond acceptors (Lipinski definition) is 4. The molecule has 1 aromatic rings. The van der Waals surface area contributed by atoms with E-state index in [0.717, 1.165) is 11.3 Å². The highest BCUT2D eigenvalue weighted by molar-refractivity contribution is 7.12. The average Bonchev–Trinajstić information content (AvgIpc) is 2.67. The van der Waals surface area contributed by atoms with Crippen molar-refractivity contribution in [2.24, 2.45) is 0 Å². The van der Waals surface area contributed by atoms with Gasteiger partial charge in [0.2, 0.25) is 0 Å². The summed E-state index contributed by atoms with van der Waals surface area (Å²) in [5.41, 5.74) is 0. The maximum atomic E-state index is 10.4. The molecule has 0 amide bonds. The van der Waals surface area contributed by atoms with Crippen molar-refractivity contribution in [2.75, 3.05) is 0 Å². The molecule has 0 unspecified atom stereocenters. The molecule has 2 rings (SSSR count). The highest BCUT2D eigenvalue weighted by atomic mass is 32.1. The average molecular weight is 196 g/mol. The van der Waals surface area contributed by atoms with E-state index in [1.807, 2.05) is 0 Å². The van der Waals surface area contributed by atoms with Crippen LogP contribution in [0.4, 0.5) is 0 Å². The van der Waals surface area contributed by atoms with Crippen LogP contribution < -0.4 is 0 Å². The van der Waals surface area contributed by atoms with Gasteiger partial charge in [-0.25, -0.2) is 0 Å². The summed E-state index contributed by atoms with van der Waals surface area (Å²) in [6.45, 7) is 0. The van der Waals surface area contributed by atoms with Crippen molar-refractivity contribution in [3.8, 4) is 0 Å². The van der Waals surface area contributed by atoms with E-state index in [1.165, 1.54) is 43.4 Å². The van der Waals surface area contributed by atoms with E-state index >= 15 is 0 Å². The summed E-state index contributed by atoms with van der Waals surface area (Å²) in [5, 5.41) is 9.43. The minimum absolute atomic E-state index is 0.514. The molecule has 0 saturated heterocycles. The van der Waals surface area contributed by atoms with Gasteiger partial charge in [0.1, 0.15) is 5.01 Å². The van der Waals surface area contributed by atoms with Crippen molar-refractivity contribution in [2.45, 2.75) is 38.0 Å². The summed E-state index contributed by atoms with van der Waals surface area (Å²) in [6, 6.07) is 0. The number of aromatic nitrogens is 2. The van der Waals surface area contributed by atoms with Crippen LogP contribution in [0.1, 0.15) is 52.8 Å². The van der Waals surface area contributed by atoms with Crippen molar-refractivity contribution in [3.05, 3.63) is 10.0 Å². The van der Waals surface area contributed by atoms with Crippen LogP contribution in [0.15, 0.2) is 0 Å². The number of carbonyl (C=O) groups excluding carboxylic acids is 1. The number of aldehydes is 1. The van der Waals surface area contributed by atoms with Gasteiger partial charge in [-0.15, -0.1) is 10.2 Å². The lowest BCUT2D eigenvalue weighted by Gasteiger charge is -2.18. The maximum absolute atomic E-state index is 10.4. The van der Waals surface area contributed by atoms with Crippen LogP contribution in [0.5, 0.6) is 0 Å². The quantitative estimate of drug-likeness (QED) is 0.682. The zero-order chi connectivity index (χ0) is 9.10. The molecule has 0 bridgehead atoms. The van der Waals surface area contributed by atoms with Crippen molar-refractivity contribution >= 4 is 17.6 Å². The van der Waals surface area contributed by atoms with Crippen LogP contribution in [-0.2, 0) is 0 Å². The predicted octanol–water partition coefficient (Wildman–Crippen LogP) is 2.40. The Morgan fingerprint density at radius 2 is 2.00 bits per heavy atom. The molecule has 4 heteroatoms. The van der Waals surface area contributed by atoms with Gasteiger partial charge in [-0.05, 0) is 12.8 Å². The van der Waals surface area contributed by atoms with E-state index in [0.29, 0.717) is 10.9 Å². The van der Waals surface area contributed by atoms with E-state index < -0.39 is 0 Å². The Labute approximate surface area is 81.2 Å². The van der Waals surface area contributed by atoms with E-state index in [2.05, 4.69) is 10.2 Å². The first-order chi connectivity index (χ1) is 6.40. The molecule has 0 radical (unpaired) electrons. The summed E-state index contributed by atoms with van der Waals surface area (Å²) in [5.74, 6) is 0.569. The number of nitrogens with zero attached hydrogens (tertiary/aromatic N) is 2. The summed E-state index contributed by atoms with van der Waals surface area (Å²) in [4.78, 5) is 10.4. The first kappa shape index (κ1) is 8.81. The number of rotatable bonds is 2. The highest BCUT2D eigenvalue weighted by Gasteiger charge is 2.19. The highest BCUT2D eigenvalue weighted by Crippen LogP contribution is 2.33.